The Bertz CT molecular complexity index is 1080. The number of anilines is 3. The van der Waals surface area contributed by atoms with Gasteiger partial charge in [0.1, 0.15) is 0 Å². The minimum Gasteiger partial charge on any atom is -0.372 e. The van der Waals surface area contributed by atoms with Crippen molar-refractivity contribution >= 4 is 38.7 Å². The molecule has 32 heavy (non-hydrogen) atoms. The van der Waals surface area contributed by atoms with Gasteiger partial charge in [0.2, 0.25) is 15.9 Å². The molecule has 0 aromatic heterocycles. The molecule has 1 saturated heterocycles. The molecule has 0 unspecified atom stereocenters. The monoisotopic (exact) mass is 460 g/mol. The van der Waals surface area contributed by atoms with E-state index in [0.29, 0.717) is 11.3 Å². The molecule has 0 bridgehead atoms. The number of hydrogen-bond donors (Lipinski definition) is 1. The summed E-state index contributed by atoms with van der Waals surface area (Å²) in [6.45, 7) is 3.83. The molecule has 172 valence electrons. The van der Waals surface area contributed by atoms with Gasteiger partial charge in [-0.15, -0.1) is 0 Å². The number of rotatable bonds is 9. The lowest BCUT2D eigenvalue weighted by atomic mass is 10.1. The van der Waals surface area contributed by atoms with Crippen LogP contribution in [0.2, 0.25) is 0 Å². The van der Waals surface area contributed by atoms with Gasteiger partial charge in [-0.3, -0.25) is 19.2 Å². The number of carbonyl (C=O) groups is 1. The summed E-state index contributed by atoms with van der Waals surface area (Å²) in [6, 6.07) is 11.8. The molecule has 2 aromatic carbocycles. The molecule has 1 amide bonds. The SMILES string of the molecule is Cc1ccc([N+](=O)[O-])cc1N(CCCC(=O)Nc1ccc(N2CCCC2)cc1)S(C)(=O)=O. The van der Waals surface area contributed by atoms with E-state index >= 15 is 0 Å². The summed E-state index contributed by atoms with van der Waals surface area (Å²) in [5.41, 5.74) is 2.49. The lowest BCUT2D eigenvalue weighted by Crippen LogP contribution is -2.32. The quantitative estimate of drug-likeness (QED) is 0.451. The summed E-state index contributed by atoms with van der Waals surface area (Å²) in [5, 5.41) is 13.9. The molecule has 0 atom stereocenters. The number of sulfonamides is 1. The second kappa shape index (κ2) is 9.99. The van der Waals surface area contributed by atoms with Crippen LogP contribution >= 0.6 is 0 Å². The maximum atomic E-state index is 12.4. The van der Waals surface area contributed by atoms with Crippen LogP contribution < -0.4 is 14.5 Å². The van der Waals surface area contributed by atoms with Crippen molar-refractivity contribution in [2.24, 2.45) is 0 Å². The van der Waals surface area contributed by atoms with E-state index in [1.54, 1.807) is 6.92 Å². The first-order valence-corrected chi connectivity index (χ1v) is 12.4. The van der Waals surface area contributed by atoms with E-state index in [0.717, 1.165) is 29.3 Å². The average molecular weight is 461 g/mol. The molecule has 0 radical (unpaired) electrons. The number of carbonyl (C=O) groups excluding carboxylic acids is 1. The van der Waals surface area contributed by atoms with Gasteiger partial charge in [-0.2, -0.15) is 0 Å². The maximum absolute atomic E-state index is 12.4. The number of amides is 1. The van der Waals surface area contributed by atoms with Crippen LogP contribution in [0.3, 0.4) is 0 Å². The van der Waals surface area contributed by atoms with Crippen molar-refractivity contribution < 1.29 is 18.1 Å². The Morgan fingerprint density at radius 1 is 1.16 bits per heavy atom. The Kier molecular flexibility index (Phi) is 7.34. The van der Waals surface area contributed by atoms with Crippen molar-refractivity contribution in [2.75, 3.05) is 40.4 Å². The number of benzene rings is 2. The Morgan fingerprint density at radius 3 is 2.41 bits per heavy atom. The van der Waals surface area contributed by atoms with Crippen molar-refractivity contribution in [3.63, 3.8) is 0 Å². The van der Waals surface area contributed by atoms with Crippen LogP contribution in [0.25, 0.3) is 0 Å². The summed E-state index contributed by atoms with van der Waals surface area (Å²) in [4.78, 5) is 25.2. The first kappa shape index (κ1) is 23.5. The molecule has 3 rings (SSSR count). The molecule has 0 spiro atoms. The zero-order chi connectivity index (χ0) is 23.3. The van der Waals surface area contributed by atoms with Crippen LogP contribution in [0, 0.1) is 17.0 Å². The van der Waals surface area contributed by atoms with Crippen LogP contribution in [0.1, 0.15) is 31.2 Å². The molecule has 2 aromatic rings. The van der Waals surface area contributed by atoms with Crippen molar-refractivity contribution in [1.29, 1.82) is 0 Å². The normalized spacial score (nSPS) is 13.8. The van der Waals surface area contributed by atoms with Gasteiger partial charge in [0, 0.05) is 49.6 Å². The van der Waals surface area contributed by atoms with Crippen LogP contribution in [-0.2, 0) is 14.8 Å². The number of nitro benzene ring substituents is 1. The maximum Gasteiger partial charge on any atom is 0.271 e. The number of nitrogens with one attached hydrogen (secondary N) is 1. The van der Waals surface area contributed by atoms with E-state index in [1.807, 2.05) is 24.3 Å². The highest BCUT2D eigenvalue weighted by atomic mass is 32.2. The van der Waals surface area contributed by atoms with Gasteiger partial charge < -0.3 is 10.2 Å². The third kappa shape index (κ3) is 5.97. The third-order valence-corrected chi connectivity index (χ3v) is 6.64. The van der Waals surface area contributed by atoms with Crippen LogP contribution in [-0.4, -0.2) is 45.1 Å². The first-order valence-electron chi connectivity index (χ1n) is 10.5. The predicted octanol–water partition coefficient (Wildman–Crippen LogP) is 3.69. The predicted molar refractivity (Wildman–Crippen MR) is 126 cm³/mol. The Hall–Kier alpha value is -3.14. The fraction of sp³-hybridized carbons (Fsp3) is 0.409. The second-order valence-electron chi connectivity index (χ2n) is 7.96. The van der Waals surface area contributed by atoms with Crippen LogP contribution in [0.4, 0.5) is 22.7 Å². The summed E-state index contributed by atoms with van der Waals surface area (Å²) >= 11 is 0. The van der Waals surface area contributed by atoms with Crippen molar-refractivity contribution in [2.45, 2.75) is 32.6 Å². The molecular formula is C22H28N4O5S. The van der Waals surface area contributed by atoms with E-state index in [4.69, 9.17) is 0 Å². The topological polar surface area (TPSA) is 113 Å². The molecule has 1 aliphatic rings. The lowest BCUT2D eigenvalue weighted by molar-refractivity contribution is -0.384. The smallest absolute Gasteiger partial charge is 0.271 e. The van der Waals surface area contributed by atoms with Crippen molar-refractivity contribution in [3.05, 3.63) is 58.1 Å². The van der Waals surface area contributed by atoms with Gasteiger partial charge >= 0.3 is 0 Å². The Morgan fingerprint density at radius 2 is 1.81 bits per heavy atom. The molecule has 10 heteroatoms. The third-order valence-electron chi connectivity index (χ3n) is 5.46. The minimum atomic E-state index is -3.68. The highest BCUT2D eigenvalue weighted by Crippen LogP contribution is 2.28. The molecular weight excluding hydrogens is 432 g/mol. The first-order chi connectivity index (χ1) is 15.1. The zero-order valence-corrected chi connectivity index (χ0v) is 19.1. The average Bonchev–Trinajstić information content (AvgIpc) is 3.26. The molecule has 0 aliphatic carbocycles. The highest BCUT2D eigenvalue weighted by molar-refractivity contribution is 7.92. The van der Waals surface area contributed by atoms with Crippen molar-refractivity contribution in [3.8, 4) is 0 Å². The molecule has 0 saturated carbocycles. The molecule has 1 N–H and O–H groups in total. The van der Waals surface area contributed by atoms with E-state index < -0.39 is 14.9 Å². The highest BCUT2D eigenvalue weighted by Gasteiger charge is 2.22. The molecule has 9 nitrogen and oxygen atoms in total. The lowest BCUT2D eigenvalue weighted by Gasteiger charge is -2.24. The zero-order valence-electron chi connectivity index (χ0n) is 18.3. The fourth-order valence-corrected chi connectivity index (χ4v) is 4.80. The summed E-state index contributed by atoms with van der Waals surface area (Å²) in [5.74, 6) is -0.219. The number of hydrogen-bond acceptors (Lipinski definition) is 6. The minimum absolute atomic E-state index is 0.0438. The molecule has 1 fully saturated rings. The van der Waals surface area contributed by atoms with Gasteiger partial charge in [0.05, 0.1) is 16.9 Å². The second-order valence-corrected chi connectivity index (χ2v) is 9.86. The van der Waals surface area contributed by atoms with Gasteiger partial charge in [-0.1, -0.05) is 6.07 Å². The number of nitrogens with zero attached hydrogens (tertiary/aromatic N) is 3. The standard InChI is InChI=1S/C22H28N4O5S/c1-17-7-10-20(26(28)29)16-21(17)25(32(2,30)31)15-5-6-22(27)23-18-8-11-19(12-9-18)24-13-3-4-14-24/h7-12,16H,3-6,13-15H2,1-2H3,(H,23,27). The Labute approximate surface area is 188 Å². The molecule has 1 aliphatic heterocycles. The summed E-state index contributed by atoms with van der Waals surface area (Å²) < 4.78 is 25.8. The van der Waals surface area contributed by atoms with Crippen LogP contribution in [0.5, 0.6) is 0 Å². The number of aryl methyl sites for hydroxylation is 1. The summed E-state index contributed by atoms with van der Waals surface area (Å²) in [7, 11) is -3.68. The van der Waals surface area contributed by atoms with E-state index in [2.05, 4.69) is 10.2 Å². The summed E-state index contributed by atoms with van der Waals surface area (Å²) in [6.07, 6.45) is 3.83. The van der Waals surface area contributed by atoms with Crippen LogP contribution in [0.15, 0.2) is 42.5 Å². The number of nitro groups is 1. The number of non-ortho nitro benzene ring substituents is 1. The van der Waals surface area contributed by atoms with E-state index in [-0.39, 0.29) is 36.7 Å². The van der Waals surface area contributed by atoms with Gasteiger partial charge in [-0.05, 0) is 56.0 Å². The van der Waals surface area contributed by atoms with E-state index in [9.17, 15) is 23.3 Å². The largest absolute Gasteiger partial charge is 0.372 e. The van der Waals surface area contributed by atoms with E-state index in [1.165, 1.54) is 31.0 Å². The van der Waals surface area contributed by atoms with Gasteiger partial charge in [0.25, 0.3) is 5.69 Å². The Balaban J connectivity index is 1.60. The van der Waals surface area contributed by atoms with Gasteiger partial charge in [-0.25, -0.2) is 8.42 Å². The van der Waals surface area contributed by atoms with Gasteiger partial charge in [0.15, 0.2) is 0 Å². The van der Waals surface area contributed by atoms with Crippen molar-refractivity contribution in [1.82, 2.24) is 0 Å². The fourth-order valence-electron chi connectivity index (χ4n) is 3.78. The molecule has 1 heterocycles.